The summed E-state index contributed by atoms with van der Waals surface area (Å²) in [6.07, 6.45) is 2.13. The van der Waals surface area contributed by atoms with Gasteiger partial charge in [0.15, 0.2) is 0 Å². The van der Waals surface area contributed by atoms with E-state index in [0.29, 0.717) is 24.0 Å². The molecule has 0 aliphatic carbocycles. The lowest BCUT2D eigenvalue weighted by atomic mass is 9.88. The summed E-state index contributed by atoms with van der Waals surface area (Å²) in [6.45, 7) is 5.99. The minimum absolute atomic E-state index is 0.0523. The first-order valence-corrected chi connectivity index (χ1v) is 7.43. The van der Waals surface area contributed by atoms with Crippen LogP contribution in [0.25, 0.3) is 11.1 Å². The molecular weight excluding hydrogens is 264 g/mol. The lowest BCUT2D eigenvalue weighted by Crippen LogP contribution is -2.01. The van der Waals surface area contributed by atoms with Crippen LogP contribution in [0.1, 0.15) is 37.5 Å². The van der Waals surface area contributed by atoms with Crippen molar-refractivity contribution in [2.24, 2.45) is 0 Å². The number of para-hydroxylation sites is 1. The molecular formula is C18H22O3. The molecule has 112 valence electrons. The second kappa shape index (κ2) is 6.08. The number of rotatable bonds is 4. The van der Waals surface area contributed by atoms with Crippen LogP contribution >= 0.6 is 0 Å². The maximum absolute atomic E-state index is 10.6. The van der Waals surface area contributed by atoms with E-state index in [2.05, 4.69) is 0 Å². The van der Waals surface area contributed by atoms with Gasteiger partial charge in [0.1, 0.15) is 17.2 Å². The second-order valence-corrected chi connectivity index (χ2v) is 5.09. The number of phenolic OH excluding ortho intramolecular Hbond substituents is 3. The third-order valence-electron chi connectivity index (χ3n) is 4.01. The van der Waals surface area contributed by atoms with Crippen LogP contribution in [0.3, 0.4) is 0 Å². The first-order valence-electron chi connectivity index (χ1n) is 7.43. The molecule has 0 unspecified atom stereocenters. The Kier molecular flexibility index (Phi) is 4.41. The van der Waals surface area contributed by atoms with E-state index >= 15 is 0 Å². The highest BCUT2D eigenvalue weighted by atomic mass is 16.3. The summed E-state index contributed by atoms with van der Waals surface area (Å²) < 4.78 is 0. The smallest absolute Gasteiger partial charge is 0.130 e. The van der Waals surface area contributed by atoms with E-state index in [-0.39, 0.29) is 17.2 Å². The van der Waals surface area contributed by atoms with E-state index < -0.39 is 0 Å². The van der Waals surface area contributed by atoms with Crippen molar-refractivity contribution >= 4 is 0 Å². The van der Waals surface area contributed by atoms with Crippen molar-refractivity contribution in [2.45, 2.75) is 40.0 Å². The first-order chi connectivity index (χ1) is 10.1. The van der Waals surface area contributed by atoms with Gasteiger partial charge in [-0.25, -0.2) is 0 Å². The quantitative estimate of drug-likeness (QED) is 0.791. The average Bonchev–Trinajstić information content (AvgIpc) is 2.48. The molecule has 3 N–H and O–H groups in total. The number of hydrogen-bond acceptors (Lipinski definition) is 3. The molecule has 0 spiro atoms. The van der Waals surface area contributed by atoms with Gasteiger partial charge in [-0.05, 0) is 42.0 Å². The largest absolute Gasteiger partial charge is 0.507 e. The molecule has 0 aliphatic heterocycles. The summed E-state index contributed by atoms with van der Waals surface area (Å²) in [4.78, 5) is 0. The molecule has 0 aromatic heterocycles. The van der Waals surface area contributed by atoms with Gasteiger partial charge in [0, 0.05) is 5.56 Å². The van der Waals surface area contributed by atoms with E-state index in [1.54, 1.807) is 24.3 Å². The van der Waals surface area contributed by atoms with Gasteiger partial charge in [0.2, 0.25) is 0 Å². The first kappa shape index (κ1) is 15.2. The molecule has 0 saturated carbocycles. The Balaban J connectivity index is 2.87. The maximum Gasteiger partial charge on any atom is 0.130 e. The Morgan fingerprint density at radius 3 is 1.62 bits per heavy atom. The summed E-state index contributed by atoms with van der Waals surface area (Å²) in [7, 11) is 0. The highest BCUT2D eigenvalue weighted by Gasteiger charge is 2.23. The SMILES string of the molecule is CCc1c(O)c(-c2ccccc2O)c(O)c(CC)c1CC. The van der Waals surface area contributed by atoms with Crippen LogP contribution < -0.4 is 0 Å². The zero-order valence-corrected chi connectivity index (χ0v) is 12.8. The van der Waals surface area contributed by atoms with Crippen LogP contribution in [-0.2, 0) is 19.3 Å². The third kappa shape index (κ3) is 2.44. The standard InChI is InChI=1S/C18H22O3/c1-4-11-12(5-2)17(20)16(18(21)13(11)6-3)14-9-7-8-10-15(14)19/h7-10,19-21H,4-6H2,1-3H3. The monoisotopic (exact) mass is 286 g/mol. The lowest BCUT2D eigenvalue weighted by molar-refractivity contribution is 0.441. The summed E-state index contributed by atoms with van der Waals surface area (Å²) >= 11 is 0. The second-order valence-electron chi connectivity index (χ2n) is 5.09. The Morgan fingerprint density at radius 2 is 1.19 bits per heavy atom. The summed E-state index contributed by atoms with van der Waals surface area (Å²) in [6, 6.07) is 6.75. The molecule has 21 heavy (non-hydrogen) atoms. The Labute approximate surface area is 125 Å². The molecule has 0 radical (unpaired) electrons. The Hall–Kier alpha value is -2.16. The van der Waals surface area contributed by atoms with Crippen LogP contribution in [-0.4, -0.2) is 15.3 Å². The van der Waals surface area contributed by atoms with Gasteiger partial charge >= 0.3 is 0 Å². The molecule has 2 aromatic carbocycles. The summed E-state index contributed by atoms with van der Waals surface area (Å²) in [5.41, 5.74) is 3.50. The van der Waals surface area contributed by atoms with Crippen molar-refractivity contribution in [3.05, 3.63) is 41.0 Å². The van der Waals surface area contributed by atoms with Gasteiger partial charge in [0.05, 0.1) is 5.56 Å². The van der Waals surface area contributed by atoms with E-state index in [1.807, 2.05) is 20.8 Å². The average molecular weight is 286 g/mol. The van der Waals surface area contributed by atoms with Crippen molar-refractivity contribution in [3.8, 4) is 28.4 Å². The zero-order valence-electron chi connectivity index (χ0n) is 12.8. The fourth-order valence-electron chi connectivity index (χ4n) is 3.01. The van der Waals surface area contributed by atoms with E-state index in [1.165, 1.54) is 0 Å². The molecule has 2 rings (SSSR count). The topological polar surface area (TPSA) is 60.7 Å². The number of hydrogen-bond donors (Lipinski definition) is 3. The summed E-state index contributed by atoms with van der Waals surface area (Å²) in [5, 5.41) is 31.3. The molecule has 0 amide bonds. The predicted octanol–water partition coefficient (Wildman–Crippen LogP) is 4.16. The van der Waals surface area contributed by atoms with E-state index in [0.717, 1.165) is 23.1 Å². The number of benzene rings is 2. The highest BCUT2D eigenvalue weighted by molar-refractivity contribution is 5.84. The highest BCUT2D eigenvalue weighted by Crippen LogP contribution is 2.47. The zero-order chi connectivity index (χ0) is 15.6. The number of phenols is 3. The molecule has 0 fully saturated rings. The van der Waals surface area contributed by atoms with Crippen LogP contribution in [0.4, 0.5) is 0 Å². The van der Waals surface area contributed by atoms with E-state index in [9.17, 15) is 15.3 Å². The van der Waals surface area contributed by atoms with Crippen molar-refractivity contribution in [1.29, 1.82) is 0 Å². The van der Waals surface area contributed by atoms with Crippen LogP contribution in [0.15, 0.2) is 24.3 Å². The fourth-order valence-corrected chi connectivity index (χ4v) is 3.01. The molecule has 0 atom stereocenters. The fraction of sp³-hybridized carbons (Fsp3) is 0.333. The molecule has 3 nitrogen and oxygen atoms in total. The normalized spacial score (nSPS) is 10.8. The molecule has 0 heterocycles. The molecule has 0 bridgehead atoms. The van der Waals surface area contributed by atoms with Crippen LogP contribution in [0.2, 0.25) is 0 Å². The maximum atomic E-state index is 10.6. The van der Waals surface area contributed by atoms with Gasteiger partial charge in [-0.2, -0.15) is 0 Å². The minimum Gasteiger partial charge on any atom is -0.507 e. The van der Waals surface area contributed by atoms with Crippen molar-refractivity contribution < 1.29 is 15.3 Å². The van der Waals surface area contributed by atoms with Crippen molar-refractivity contribution in [1.82, 2.24) is 0 Å². The van der Waals surface area contributed by atoms with Gasteiger partial charge in [-0.3, -0.25) is 0 Å². The van der Waals surface area contributed by atoms with Gasteiger partial charge in [-0.1, -0.05) is 39.0 Å². The van der Waals surface area contributed by atoms with Crippen molar-refractivity contribution in [2.75, 3.05) is 0 Å². The van der Waals surface area contributed by atoms with Gasteiger partial charge in [0.25, 0.3) is 0 Å². The Bertz CT molecular complexity index is 629. The predicted molar refractivity (Wildman–Crippen MR) is 85.0 cm³/mol. The Morgan fingerprint density at radius 1 is 0.714 bits per heavy atom. The molecule has 3 heteroatoms. The molecule has 2 aromatic rings. The summed E-state index contributed by atoms with van der Waals surface area (Å²) in [5.74, 6) is 0.201. The number of aromatic hydroxyl groups is 3. The minimum atomic E-state index is 0.0523. The third-order valence-corrected chi connectivity index (χ3v) is 4.01. The van der Waals surface area contributed by atoms with Gasteiger partial charge < -0.3 is 15.3 Å². The van der Waals surface area contributed by atoms with Gasteiger partial charge in [-0.15, -0.1) is 0 Å². The molecule has 0 aliphatic rings. The lowest BCUT2D eigenvalue weighted by Gasteiger charge is -2.20. The van der Waals surface area contributed by atoms with Crippen molar-refractivity contribution in [3.63, 3.8) is 0 Å². The van der Waals surface area contributed by atoms with E-state index in [4.69, 9.17) is 0 Å². The van der Waals surface area contributed by atoms with Crippen LogP contribution in [0, 0.1) is 0 Å². The van der Waals surface area contributed by atoms with Crippen LogP contribution in [0.5, 0.6) is 17.2 Å². The molecule has 0 saturated heterocycles.